The maximum absolute atomic E-state index is 6.06. The summed E-state index contributed by atoms with van der Waals surface area (Å²) in [5.74, 6) is 0.682. The molecule has 2 heterocycles. The summed E-state index contributed by atoms with van der Waals surface area (Å²) < 4.78 is 0. The highest BCUT2D eigenvalue weighted by molar-refractivity contribution is 6.21. The van der Waals surface area contributed by atoms with Gasteiger partial charge >= 0.3 is 0 Å². The summed E-state index contributed by atoms with van der Waals surface area (Å²) in [6, 6.07) is 7.74. The molecule has 4 nitrogen and oxygen atoms in total. The minimum Gasteiger partial charge on any atom is -0.338 e. The maximum atomic E-state index is 6.06. The van der Waals surface area contributed by atoms with Crippen LogP contribution in [0.3, 0.4) is 0 Å². The molecule has 0 N–H and O–H groups in total. The summed E-state index contributed by atoms with van der Waals surface area (Å²) in [4.78, 5) is 6.57. The van der Waals surface area contributed by atoms with Crippen LogP contribution in [0.25, 0.3) is 11.0 Å². The molecule has 16 heavy (non-hydrogen) atoms. The van der Waals surface area contributed by atoms with E-state index in [1.807, 2.05) is 24.3 Å². The molecule has 0 amide bonds. The van der Waals surface area contributed by atoms with Gasteiger partial charge in [0.2, 0.25) is 5.95 Å². The first-order chi connectivity index (χ1) is 7.83. The Hall–Kier alpha value is -1.42. The molecular weight excluding hydrogens is 224 g/mol. The summed E-state index contributed by atoms with van der Waals surface area (Å²) in [5, 5.41) is 8.49. The number of hydrogen-bond acceptors (Lipinski definition) is 4. The summed E-state index contributed by atoms with van der Waals surface area (Å²) >= 11 is 6.06. The van der Waals surface area contributed by atoms with E-state index < -0.39 is 0 Å². The second kappa shape index (κ2) is 3.87. The number of para-hydroxylation sites is 1. The zero-order valence-corrected chi connectivity index (χ0v) is 9.43. The van der Waals surface area contributed by atoms with Crippen molar-refractivity contribution < 1.29 is 0 Å². The van der Waals surface area contributed by atoms with Crippen LogP contribution in [0.15, 0.2) is 24.3 Å². The Labute approximate surface area is 98.3 Å². The van der Waals surface area contributed by atoms with Crippen molar-refractivity contribution in [2.75, 3.05) is 18.0 Å². The lowest BCUT2D eigenvalue weighted by Gasteiger charge is -2.14. The number of rotatable bonds is 1. The summed E-state index contributed by atoms with van der Waals surface area (Å²) in [6.07, 6.45) is 0.984. The SMILES string of the molecule is ClC1CCN(c2nnc3ccccc3n2)C1. The van der Waals surface area contributed by atoms with Crippen LogP contribution >= 0.6 is 11.6 Å². The molecule has 1 aromatic heterocycles. The van der Waals surface area contributed by atoms with Crippen molar-refractivity contribution in [2.24, 2.45) is 0 Å². The van der Waals surface area contributed by atoms with Crippen molar-refractivity contribution in [3.63, 3.8) is 0 Å². The van der Waals surface area contributed by atoms with E-state index in [4.69, 9.17) is 11.6 Å². The minimum atomic E-state index is 0.204. The molecule has 0 spiro atoms. The Bertz CT molecular complexity index is 516. The molecule has 1 fully saturated rings. The van der Waals surface area contributed by atoms with Gasteiger partial charge in [-0.15, -0.1) is 21.8 Å². The third-order valence-electron chi connectivity index (χ3n) is 2.76. The lowest BCUT2D eigenvalue weighted by atomic mass is 10.3. The fourth-order valence-corrected chi connectivity index (χ4v) is 2.17. The highest BCUT2D eigenvalue weighted by atomic mass is 35.5. The van der Waals surface area contributed by atoms with Crippen LogP contribution in [0.1, 0.15) is 6.42 Å². The second-order valence-electron chi connectivity index (χ2n) is 3.93. The van der Waals surface area contributed by atoms with E-state index in [0.29, 0.717) is 5.95 Å². The van der Waals surface area contributed by atoms with E-state index >= 15 is 0 Å². The molecule has 0 radical (unpaired) electrons. The van der Waals surface area contributed by atoms with E-state index in [1.165, 1.54) is 0 Å². The van der Waals surface area contributed by atoms with Gasteiger partial charge in [-0.2, -0.15) is 0 Å². The van der Waals surface area contributed by atoms with Crippen LogP contribution in [0.5, 0.6) is 0 Å². The third-order valence-corrected chi connectivity index (χ3v) is 3.12. The molecule has 0 saturated carbocycles. The molecular formula is C11H11ClN4. The molecule has 1 atom stereocenters. The highest BCUT2D eigenvalue weighted by Gasteiger charge is 2.22. The number of aromatic nitrogens is 3. The highest BCUT2D eigenvalue weighted by Crippen LogP contribution is 2.20. The van der Waals surface area contributed by atoms with E-state index in [0.717, 1.165) is 30.5 Å². The smallest absolute Gasteiger partial charge is 0.245 e. The van der Waals surface area contributed by atoms with Crippen molar-refractivity contribution in [3.8, 4) is 0 Å². The Morgan fingerprint density at radius 1 is 1.19 bits per heavy atom. The monoisotopic (exact) mass is 234 g/mol. The van der Waals surface area contributed by atoms with Gasteiger partial charge in [0.25, 0.3) is 0 Å². The van der Waals surface area contributed by atoms with E-state index in [9.17, 15) is 0 Å². The Balaban J connectivity index is 1.99. The molecule has 1 aliphatic rings. The molecule has 3 rings (SSSR count). The van der Waals surface area contributed by atoms with Crippen LogP contribution in [0.4, 0.5) is 5.95 Å². The number of hydrogen-bond donors (Lipinski definition) is 0. The van der Waals surface area contributed by atoms with E-state index in [1.54, 1.807) is 0 Å². The molecule has 1 aromatic carbocycles. The molecule has 1 unspecified atom stereocenters. The lowest BCUT2D eigenvalue weighted by Crippen LogP contribution is -2.22. The van der Waals surface area contributed by atoms with Crippen LogP contribution in [0, 0.1) is 0 Å². The second-order valence-corrected chi connectivity index (χ2v) is 4.55. The first kappa shape index (κ1) is 9.78. The van der Waals surface area contributed by atoms with Gasteiger partial charge in [-0.3, -0.25) is 0 Å². The van der Waals surface area contributed by atoms with Gasteiger partial charge in [0, 0.05) is 13.1 Å². The number of halogens is 1. The van der Waals surface area contributed by atoms with Crippen LogP contribution in [-0.2, 0) is 0 Å². The fourth-order valence-electron chi connectivity index (χ4n) is 1.91. The molecule has 5 heteroatoms. The Morgan fingerprint density at radius 2 is 2.00 bits per heavy atom. The van der Waals surface area contributed by atoms with Gasteiger partial charge < -0.3 is 4.90 Å². The van der Waals surface area contributed by atoms with Crippen LogP contribution in [0.2, 0.25) is 0 Å². The molecule has 0 aliphatic carbocycles. The zero-order valence-electron chi connectivity index (χ0n) is 8.67. The van der Waals surface area contributed by atoms with Gasteiger partial charge in [-0.1, -0.05) is 12.1 Å². The number of benzene rings is 1. The summed E-state index contributed by atoms with van der Waals surface area (Å²) in [7, 11) is 0. The fraction of sp³-hybridized carbons (Fsp3) is 0.364. The van der Waals surface area contributed by atoms with E-state index in [2.05, 4.69) is 20.1 Å². The average Bonchev–Trinajstić information content (AvgIpc) is 2.75. The van der Waals surface area contributed by atoms with E-state index in [-0.39, 0.29) is 5.38 Å². The predicted molar refractivity (Wildman–Crippen MR) is 63.8 cm³/mol. The third kappa shape index (κ3) is 1.69. The minimum absolute atomic E-state index is 0.204. The first-order valence-corrected chi connectivity index (χ1v) is 5.75. The first-order valence-electron chi connectivity index (χ1n) is 5.31. The Kier molecular flexibility index (Phi) is 2.36. The number of anilines is 1. The van der Waals surface area contributed by atoms with Crippen LogP contribution < -0.4 is 4.90 Å². The molecule has 82 valence electrons. The van der Waals surface area contributed by atoms with Gasteiger partial charge in [-0.25, -0.2) is 4.98 Å². The van der Waals surface area contributed by atoms with Crippen molar-refractivity contribution in [3.05, 3.63) is 24.3 Å². The predicted octanol–water partition coefficient (Wildman–Crippen LogP) is 1.84. The normalized spacial score (nSPS) is 20.6. The standard InChI is InChI=1S/C11H11ClN4/c12-8-5-6-16(7-8)11-13-9-3-1-2-4-10(9)14-15-11/h1-4,8H,5-7H2. The maximum Gasteiger partial charge on any atom is 0.245 e. The summed E-state index contributed by atoms with van der Waals surface area (Å²) in [6.45, 7) is 1.72. The number of alkyl halides is 1. The molecule has 1 saturated heterocycles. The van der Waals surface area contributed by atoms with Gasteiger partial charge in [0.1, 0.15) is 5.52 Å². The zero-order chi connectivity index (χ0) is 11.0. The average molecular weight is 235 g/mol. The van der Waals surface area contributed by atoms with Crippen LogP contribution in [-0.4, -0.2) is 33.6 Å². The van der Waals surface area contributed by atoms with Gasteiger partial charge in [0.05, 0.1) is 10.9 Å². The number of fused-ring (bicyclic) bond motifs is 1. The van der Waals surface area contributed by atoms with Crippen molar-refractivity contribution in [2.45, 2.75) is 11.8 Å². The van der Waals surface area contributed by atoms with Crippen molar-refractivity contribution >= 4 is 28.6 Å². The largest absolute Gasteiger partial charge is 0.338 e. The molecule has 1 aliphatic heterocycles. The molecule has 2 aromatic rings. The molecule has 0 bridgehead atoms. The number of nitrogens with zero attached hydrogens (tertiary/aromatic N) is 4. The lowest BCUT2D eigenvalue weighted by molar-refractivity contribution is 0.870. The van der Waals surface area contributed by atoms with Gasteiger partial charge in [0.15, 0.2) is 0 Å². The van der Waals surface area contributed by atoms with Crippen molar-refractivity contribution in [1.82, 2.24) is 15.2 Å². The topological polar surface area (TPSA) is 41.9 Å². The summed E-state index contributed by atoms with van der Waals surface area (Å²) in [5.41, 5.74) is 1.71. The van der Waals surface area contributed by atoms with Crippen molar-refractivity contribution in [1.29, 1.82) is 0 Å². The quantitative estimate of drug-likeness (QED) is 0.707. The Morgan fingerprint density at radius 3 is 2.75 bits per heavy atom. The van der Waals surface area contributed by atoms with Gasteiger partial charge in [-0.05, 0) is 18.6 Å².